The molecule has 0 bridgehead atoms. The zero-order valence-electron chi connectivity index (χ0n) is 51.8. The molecule has 0 aliphatic rings. The molecule has 1 atom stereocenters. The zero-order chi connectivity index (χ0) is 55.0. The highest BCUT2D eigenvalue weighted by molar-refractivity contribution is 5.71. The molecule has 6 nitrogen and oxygen atoms in total. The molecule has 0 aromatic carbocycles. The summed E-state index contributed by atoms with van der Waals surface area (Å²) >= 11 is 0. The summed E-state index contributed by atoms with van der Waals surface area (Å²) in [5.74, 6) is -0.846. The fraction of sp³-hybridized carbons (Fsp3) is 0.929. The molecule has 0 aliphatic carbocycles. The SMILES string of the molecule is CCC/C=C\CCCCCCCC(=O)OCC(COC(=O)CCCCCCCCCCCCCCCCCCCCCCCCCCCCCC)OC(=O)CCCCCCCCCCCCCCCCCCCCCC. The van der Waals surface area contributed by atoms with Crippen molar-refractivity contribution in [3.63, 3.8) is 0 Å². The summed E-state index contributed by atoms with van der Waals surface area (Å²) in [7, 11) is 0. The summed E-state index contributed by atoms with van der Waals surface area (Å²) in [6.45, 7) is 6.66. The quantitative estimate of drug-likeness (QED) is 0.0261. The topological polar surface area (TPSA) is 78.9 Å². The van der Waals surface area contributed by atoms with Gasteiger partial charge in [0.05, 0.1) is 0 Å². The summed E-state index contributed by atoms with van der Waals surface area (Å²) in [4.78, 5) is 38.3. The normalized spacial score (nSPS) is 12.0. The molecule has 0 aromatic rings. The summed E-state index contributed by atoms with van der Waals surface area (Å²) in [5.41, 5.74) is 0. The van der Waals surface area contributed by atoms with E-state index in [4.69, 9.17) is 14.2 Å². The van der Waals surface area contributed by atoms with Gasteiger partial charge in [0, 0.05) is 19.3 Å². The molecule has 0 amide bonds. The number of ether oxygens (including phenoxy) is 3. The van der Waals surface area contributed by atoms with Crippen LogP contribution in [0.25, 0.3) is 0 Å². The molecule has 1 unspecified atom stereocenters. The lowest BCUT2D eigenvalue weighted by molar-refractivity contribution is -0.167. The Balaban J connectivity index is 4.09. The van der Waals surface area contributed by atoms with Crippen LogP contribution < -0.4 is 0 Å². The Kier molecular flexibility index (Phi) is 64.1. The first-order chi connectivity index (χ1) is 37.5. The monoisotopic (exact) mass is 1070 g/mol. The fourth-order valence-electron chi connectivity index (χ4n) is 10.8. The van der Waals surface area contributed by atoms with Crippen LogP contribution in [0.5, 0.6) is 0 Å². The van der Waals surface area contributed by atoms with Crippen molar-refractivity contribution in [3.8, 4) is 0 Å². The smallest absolute Gasteiger partial charge is 0.306 e. The minimum Gasteiger partial charge on any atom is -0.462 e. The number of rotatable bonds is 65. The lowest BCUT2D eigenvalue weighted by atomic mass is 10.0. The molecule has 0 saturated heterocycles. The number of allylic oxidation sites excluding steroid dienone is 2. The van der Waals surface area contributed by atoms with Crippen molar-refractivity contribution in [2.75, 3.05) is 13.2 Å². The molecule has 76 heavy (non-hydrogen) atoms. The fourth-order valence-corrected chi connectivity index (χ4v) is 10.8. The van der Waals surface area contributed by atoms with Crippen LogP contribution in [0.15, 0.2) is 12.2 Å². The van der Waals surface area contributed by atoms with Crippen molar-refractivity contribution in [2.45, 2.75) is 406 Å². The second-order valence-corrected chi connectivity index (χ2v) is 23.8. The second kappa shape index (κ2) is 65.7. The maximum absolute atomic E-state index is 12.9. The van der Waals surface area contributed by atoms with Crippen molar-refractivity contribution in [3.05, 3.63) is 12.2 Å². The van der Waals surface area contributed by atoms with Crippen LogP contribution in [-0.2, 0) is 28.6 Å². The number of esters is 3. The number of hydrogen-bond acceptors (Lipinski definition) is 6. The molecule has 0 aliphatic heterocycles. The average molecular weight is 1070 g/mol. The average Bonchev–Trinajstić information content (AvgIpc) is 3.42. The number of carbonyl (C=O) groups excluding carboxylic acids is 3. The van der Waals surface area contributed by atoms with Crippen molar-refractivity contribution in [2.24, 2.45) is 0 Å². The molecule has 0 rings (SSSR count). The first kappa shape index (κ1) is 74.2. The van der Waals surface area contributed by atoms with Gasteiger partial charge in [-0.3, -0.25) is 14.4 Å². The molecule has 6 heteroatoms. The standard InChI is InChI=1S/C70H134O6/c1-4-7-10-13-16-19-22-24-26-28-30-32-33-34-35-36-37-38-39-41-42-44-46-48-51-54-57-60-63-69(72)75-66-67(65-74-68(71)62-59-56-53-50-21-18-15-12-9-6-3)76-70(73)64-61-58-55-52-49-47-45-43-40-31-29-27-25-23-20-17-14-11-8-5-2/h12,15,67H,4-11,13-14,16-66H2,1-3H3/b15-12-. The summed E-state index contributed by atoms with van der Waals surface area (Å²) in [6, 6.07) is 0. The molecule has 450 valence electrons. The minimum atomic E-state index is -0.769. The second-order valence-electron chi connectivity index (χ2n) is 23.8. The first-order valence-electron chi connectivity index (χ1n) is 34.7. The van der Waals surface area contributed by atoms with Crippen LogP contribution in [0.1, 0.15) is 400 Å². The van der Waals surface area contributed by atoms with Gasteiger partial charge in [-0.1, -0.05) is 354 Å². The van der Waals surface area contributed by atoms with E-state index in [1.807, 2.05) is 0 Å². The van der Waals surface area contributed by atoms with Gasteiger partial charge in [-0.15, -0.1) is 0 Å². The maximum Gasteiger partial charge on any atom is 0.306 e. The molecular formula is C70H134O6. The highest BCUT2D eigenvalue weighted by atomic mass is 16.6. The van der Waals surface area contributed by atoms with Crippen LogP contribution in [0.3, 0.4) is 0 Å². The maximum atomic E-state index is 12.9. The summed E-state index contributed by atoms with van der Waals surface area (Å²) in [6.07, 6.45) is 78.3. The van der Waals surface area contributed by atoms with Crippen LogP contribution >= 0.6 is 0 Å². The first-order valence-corrected chi connectivity index (χ1v) is 34.7. The molecule has 0 saturated carbocycles. The van der Waals surface area contributed by atoms with Crippen molar-refractivity contribution in [1.29, 1.82) is 0 Å². The van der Waals surface area contributed by atoms with E-state index in [0.29, 0.717) is 19.3 Å². The van der Waals surface area contributed by atoms with Gasteiger partial charge < -0.3 is 14.2 Å². The van der Waals surface area contributed by atoms with E-state index in [0.717, 1.165) is 70.6 Å². The Labute approximate surface area is 475 Å². The lowest BCUT2D eigenvalue weighted by Crippen LogP contribution is -2.30. The molecule has 0 aromatic heterocycles. The third-order valence-corrected chi connectivity index (χ3v) is 16.0. The van der Waals surface area contributed by atoms with Crippen molar-refractivity contribution >= 4 is 17.9 Å². The van der Waals surface area contributed by atoms with Gasteiger partial charge in [0.2, 0.25) is 0 Å². The molecule has 0 heterocycles. The third-order valence-electron chi connectivity index (χ3n) is 16.0. The molecule has 0 spiro atoms. The Morgan fingerprint density at radius 3 is 0.711 bits per heavy atom. The van der Waals surface area contributed by atoms with Gasteiger partial charge in [0.25, 0.3) is 0 Å². The van der Waals surface area contributed by atoms with Crippen LogP contribution in [0.2, 0.25) is 0 Å². The largest absolute Gasteiger partial charge is 0.462 e. The predicted octanol–water partition coefficient (Wildman–Crippen LogP) is 23.6. The van der Waals surface area contributed by atoms with Gasteiger partial charge in [0.1, 0.15) is 13.2 Å². The van der Waals surface area contributed by atoms with Crippen LogP contribution in [-0.4, -0.2) is 37.2 Å². The van der Waals surface area contributed by atoms with E-state index in [1.165, 1.54) is 289 Å². The Morgan fingerprint density at radius 2 is 0.461 bits per heavy atom. The third kappa shape index (κ3) is 63.0. The molecule has 0 fully saturated rings. The van der Waals surface area contributed by atoms with E-state index >= 15 is 0 Å². The lowest BCUT2D eigenvalue weighted by Gasteiger charge is -2.18. The summed E-state index contributed by atoms with van der Waals surface area (Å²) in [5, 5.41) is 0. The van der Waals surface area contributed by atoms with Crippen LogP contribution in [0, 0.1) is 0 Å². The highest BCUT2D eigenvalue weighted by Crippen LogP contribution is 2.19. The highest BCUT2D eigenvalue weighted by Gasteiger charge is 2.19. The number of carbonyl (C=O) groups is 3. The van der Waals surface area contributed by atoms with Gasteiger partial charge >= 0.3 is 17.9 Å². The van der Waals surface area contributed by atoms with Gasteiger partial charge in [-0.05, 0) is 38.5 Å². The van der Waals surface area contributed by atoms with E-state index in [9.17, 15) is 14.4 Å². The van der Waals surface area contributed by atoms with Gasteiger partial charge in [-0.2, -0.15) is 0 Å². The van der Waals surface area contributed by atoms with Gasteiger partial charge in [-0.25, -0.2) is 0 Å². The van der Waals surface area contributed by atoms with Crippen LogP contribution in [0.4, 0.5) is 0 Å². The Bertz CT molecular complexity index is 1180. The van der Waals surface area contributed by atoms with E-state index < -0.39 is 6.10 Å². The minimum absolute atomic E-state index is 0.0661. The molecule has 0 radical (unpaired) electrons. The zero-order valence-corrected chi connectivity index (χ0v) is 51.8. The van der Waals surface area contributed by atoms with E-state index in [1.54, 1.807) is 0 Å². The Hall–Kier alpha value is -1.85. The molecular weight excluding hydrogens is 937 g/mol. The van der Waals surface area contributed by atoms with Crippen molar-refractivity contribution in [1.82, 2.24) is 0 Å². The number of unbranched alkanes of at least 4 members (excludes halogenated alkanes) is 52. The van der Waals surface area contributed by atoms with E-state index in [-0.39, 0.29) is 31.1 Å². The van der Waals surface area contributed by atoms with Crippen molar-refractivity contribution < 1.29 is 28.6 Å². The van der Waals surface area contributed by atoms with Gasteiger partial charge in [0.15, 0.2) is 6.10 Å². The molecule has 0 N–H and O–H groups in total. The Morgan fingerprint density at radius 1 is 0.250 bits per heavy atom. The number of hydrogen-bond donors (Lipinski definition) is 0. The predicted molar refractivity (Wildman–Crippen MR) is 330 cm³/mol. The summed E-state index contributed by atoms with van der Waals surface area (Å²) < 4.78 is 16.9. The van der Waals surface area contributed by atoms with E-state index in [2.05, 4.69) is 32.9 Å².